The zero-order valence-electron chi connectivity index (χ0n) is 23.0. The second kappa shape index (κ2) is 11.7. The van der Waals surface area contributed by atoms with Gasteiger partial charge in [-0.25, -0.2) is 9.78 Å². The highest BCUT2D eigenvalue weighted by Crippen LogP contribution is 2.37. The van der Waals surface area contributed by atoms with Crippen LogP contribution < -0.4 is 5.43 Å². The van der Waals surface area contributed by atoms with E-state index in [1.54, 1.807) is 13.0 Å². The zero-order chi connectivity index (χ0) is 27.6. The van der Waals surface area contributed by atoms with Crippen LogP contribution in [-0.2, 0) is 17.7 Å². The lowest BCUT2D eigenvalue weighted by atomic mass is 9.99. The molecule has 0 saturated carbocycles. The van der Waals surface area contributed by atoms with Crippen LogP contribution in [0.3, 0.4) is 0 Å². The van der Waals surface area contributed by atoms with Crippen LogP contribution in [0.25, 0.3) is 31.8 Å². The number of aromatic nitrogens is 1. The number of fused-ring (bicyclic) bond motifs is 2. The molecule has 4 aromatic rings. The third kappa shape index (κ3) is 5.61. The number of rotatable bonds is 10. The van der Waals surface area contributed by atoms with Crippen molar-refractivity contribution in [3.05, 3.63) is 57.4 Å². The quantitative estimate of drug-likeness (QED) is 0.227. The maximum Gasteiger partial charge on any atom is 0.375 e. The van der Waals surface area contributed by atoms with Crippen molar-refractivity contribution in [2.45, 2.75) is 54.5 Å². The van der Waals surface area contributed by atoms with Gasteiger partial charge in [0.25, 0.3) is 0 Å². The molecule has 0 unspecified atom stereocenters. The SMILES string of the molecule is CCOC(=O)c1oc2c(CN(CC(C)C)CC(C)C)c(O)c(CC)cc2c(=O)c1-c1nc2ccccc2s1. The Labute approximate surface area is 227 Å². The van der Waals surface area contributed by atoms with E-state index in [0.717, 1.165) is 23.3 Å². The average molecular weight is 537 g/mol. The summed E-state index contributed by atoms with van der Waals surface area (Å²) in [5.41, 5.74) is 1.86. The molecule has 0 aliphatic rings. The zero-order valence-corrected chi connectivity index (χ0v) is 23.8. The number of phenolic OH excluding ortho intramolecular Hbond substituents is 1. The molecule has 0 aliphatic heterocycles. The third-order valence-electron chi connectivity index (χ3n) is 6.31. The number of thiazole rings is 1. The van der Waals surface area contributed by atoms with Crippen molar-refractivity contribution in [3.63, 3.8) is 0 Å². The van der Waals surface area contributed by atoms with Crippen molar-refractivity contribution in [2.24, 2.45) is 11.8 Å². The molecule has 8 heteroatoms. The Morgan fingerprint density at radius 1 is 1.13 bits per heavy atom. The van der Waals surface area contributed by atoms with Gasteiger partial charge in [0.2, 0.25) is 11.2 Å². The highest BCUT2D eigenvalue weighted by molar-refractivity contribution is 7.21. The number of hydrogen-bond donors (Lipinski definition) is 1. The fraction of sp³-hybridized carbons (Fsp3) is 0.433. The number of aryl methyl sites for hydroxylation is 1. The standard InChI is InChI=1S/C30H36N2O5S/c1-7-19-13-20-26(34)24(29-31-22-11-9-10-12-23(22)38-29)28(30(35)36-8-2)37-27(20)21(25(19)33)16-32(14-17(3)4)15-18(5)6/h9-13,17-18,33H,7-8,14-16H2,1-6H3. The van der Waals surface area contributed by atoms with Crippen molar-refractivity contribution < 1.29 is 19.1 Å². The summed E-state index contributed by atoms with van der Waals surface area (Å²) in [7, 11) is 0. The van der Waals surface area contributed by atoms with Crippen LogP contribution in [0, 0.1) is 11.8 Å². The highest BCUT2D eigenvalue weighted by Gasteiger charge is 2.28. The Balaban J connectivity index is 2.02. The largest absolute Gasteiger partial charge is 0.507 e. The minimum atomic E-state index is -0.730. The number of esters is 1. The van der Waals surface area contributed by atoms with Gasteiger partial charge in [0, 0.05) is 19.6 Å². The van der Waals surface area contributed by atoms with Gasteiger partial charge in [-0.15, -0.1) is 11.3 Å². The molecule has 0 saturated heterocycles. The summed E-state index contributed by atoms with van der Waals surface area (Å²) in [6.45, 7) is 14.4. The Kier molecular flexibility index (Phi) is 8.53. The van der Waals surface area contributed by atoms with Crippen molar-refractivity contribution >= 4 is 38.5 Å². The molecule has 0 aliphatic carbocycles. The molecule has 1 N–H and O–H groups in total. The second-order valence-electron chi connectivity index (χ2n) is 10.4. The van der Waals surface area contributed by atoms with E-state index in [2.05, 4.69) is 37.6 Å². The van der Waals surface area contributed by atoms with Crippen LogP contribution >= 0.6 is 11.3 Å². The predicted molar refractivity (Wildman–Crippen MR) is 153 cm³/mol. The van der Waals surface area contributed by atoms with Crippen LogP contribution in [0.2, 0.25) is 0 Å². The number of para-hydroxylation sites is 1. The van der Waals surface area contributed by atoms with Gasteiger partial charge in [0.05, 0.1) is 27.8 Å². The summed E-state index contributed by atoms with van der Waals surface area (Å²) < 4.78 is 12.5. The second-order valence-corrected chi connectivity index (χ2v) is 11.4. The summed E-state index contributed by atoms with van der Waals surface area (Å²) in [5, 5.41) is 12.0. The number of phenols is 1. The number of aromatic hydroxyl groups is 1. The third-order valence-corrected chi connectivity index (χ3v) is 7.36. The molecule has 38 heavy (non-hydrogen) atoms. The van der Waals surface area contributed by atoms with Gasteiger partial charge in [0.15, 0.2) is 0 Å². The van der Waals surface area contributed by atoms with Gasteiger partial charge in [-0.1, -0.05) is 46.8 Å². The van der Waals surface area contributed by atoms with Gasteiger partial charge in [-0.2, -0.15) is 0 Å². The maximum absolute atomic E-state index is 14.1. The van der Waals surface area contributed by atoms with E-state index < -0.39 is 5.97 Å². The molecule has 0 radical (unpaired) electrons. The van der Waals surface area contributed by atoms with E-state index >= 15 is 0 Å². The van der Waals surface area contributed by atoms with E-state index in [1.807, 2.05) is 31.2 Å². The molecule has 2 heterocycles. The van der Waals surface area contributed by atoms with Gasteiger partial charge < -0.3 is 14.3 Å². The lowest BCUT2D eigenvalue weighted by molar-refractivity contribution is 0.0492. The van der Waals surface area contributed by atoms with Gasteiger partial charge in [-0.05, 0) is 48.9 Å². The fourth-order valence-electron chi connectivity index (χ4n) is 4.84. The number of nitrogens with zero attached hydrogens (tertiary/aromatic N) is 2. The Morgan fingerprint density at radius 3 is 2.42 bits per heavy atom. The first-order valence-corrected chi connectivity index (χ1v) is 14.1. The van der Waals surface area contributed by atoms with E-state index in [9.17, 15) is 14.7 Å². The van der Waals surface area contributed by atoms with E-state index in [-0.39, 0.29) is 34.7 Å². The van der Waals surface area contributed by atoms with Gasteiger partial charge in [-0.3, -0.25) is 9.69 Å². The van der Waals surface area contributed by atoms with E-state index in [1.165, 1.54) is 11.3 Å². The number of carbonyl (C=O) groups is 1. The van der Waals surface area contributed by atoms with Crippen LogP contribution in [0.15, 0.2) is 39.5 Å². The predicted octanol–water partition coefficient (Wildman–Crippen LogP) is 6.63. The molecule has 4 rings (SSSR count). The van der Waals surface area contributed by atoms with Crippen molar-refractivity contribution in [1.29, 1.82) is 0 Å². The molecule has 202 valence electrons. The van der Waals surface area contributed by atoms with E-state index in [4.69, 9.17) is 9.15 Å². The Bertz CT molecular complexity index is 1480. The summed E-state index contributed by atoms with van der Waals surface area (Å²) >= 11 is 1.33. The first-order valence-electron chi connectivity index (χ1n) is 13.2. The normalized spacial score (nSPS) is 11.9. The molecule has 0 atom stereocenters. The molecule has 0 fully saturated rings. The number of hydrogen-bond acceptors (Lipinski definition) is 8. The summed E-state index contributed by atoms with van der Waals surface area (Å²) in [6, 6.07) is 9.25. The van der Waals surface area contributed by atoms with Crippen LogP contribution in [0.4, 0.5) is 0 Å². The van der Waals surface area contributed by atoms with Crippen LogP contribution in [-0.4, -0.2) is 40.7 Å². The average Bonchev–Trinajstić information content (AvgIpc) is 3.28. The molecule has 0 bridgehead atoms. The molecular formula is C30H36N2O5S. The summed E-state index contributed by atoms with van der Waals surface area (Å²) in [5.74, 6) is -0.00345. The van der Waals surface area contributed by atoms with Crippen molar-refractivity contribution in [2.75, 3.05) is 19.7 Å². The highest BCUT2D eigenvalue weighted by atomic mass is 32.1. The van der Waals surface area contributed by atoms with Gasteiger partial charge >= 0.3 is 5.97 Å². The minimum absolute atomic E-state index is 0.0945. The molecule has 2 aromatic heterocycles. The fourth-order valence-corrected chi connectivity index (χ4v) is 5.84. The lowest BCUT2D eigenvalue weighted by Crippen LogP contribution is -2.31. The Hall–Kier alpha value is -3.23. The number of benzene rings is 2. The van der Waals surface area contributed by atoms with E-state index in [0.29, 0.717) is 46.3 Å². The Morgan fingerprint density at radius 2 is 1.82 bits per heavy atom. The molecular weight excluding hydrogens is 500 g/mol. The monoisotopic (exact) mass is 536 g/mol. The first kappa shape index (κ1) is 27.8. The van der Waals surface area contributed by atoms with Crippen molar-refractivity contribution in [3.8, 4) is 16.3 Å². The van der Waals surface area contributed by atoms with Crippen molar-refractivity contribution in [1.82, 2.24) is 9.88 Å². The molecule has 0 amide bonds. The topological polar surface area (TPSA) is 92.9 Å². The first-order chi connectivity index (χ1) is 18.1. The maximum atomic E-state index is 14.1. The summed E-state index contributed by atoms with van der Waals surface area (Å²) in [4.78, 5) is 34.1. The molecule has 0 spiro atoms. The molecule has 7 nitrogen and oxygen atoms in total. The summed E-state index contributed by atoms with van der Waals surface area (Å²) in [6.07, 6.45) is 0.540. The smallest absolute Gasteiger partial charge is 0.375 e. The van der Waals surface area contributed by atoms with Crippen LogP contribution in [0.1, 0.15) is 63.2 Å². The lowest BCUT2D eigenvalue weighted by Gasteiger charge is -2.27. The van der Waals surface area contributed by atoms with Gasteiger partial charge in [0.1, 0.15) is 21.9 Å². The van der Waals surface area contributed by atoms with Crippen LogP contribution in [0.5, 0.6) is 5.75 Å². The number of carbonyl (C=O) groups excluding carboxylic acids is 1. The molecule has 2 aromatic carbocycles. The minimum Gasteiger partial charge on any atom is -0.507 e. The number of ether oxygens (including phenoxy) is 1.